The van der Waals surface area contributed by atoms with Gasteiger partial charge >= 0.3 is 0 Å². The number of unbranched alkanes of at least 4 members (excludes halogenated alkanes) is 14. The van der Waals surface area contributed by atoms with Crippen molar-refractivity contribution in [2.24, 2.45) is 11.1 Å². The molecule has 1 amide bonds. The van der Waals surface area contributed by atoms with E-state index in [1.165, 1.54) is 96.3 Å². The van der Waals surface area contributed by atoms with Gasteiger partial charge in [-0.25, -0.2) is 0 Å². The van der Waals surface area contributed by atoms with E-state index in [1.807, 2.05) is 4.90 Å². The Kier molecular flexibility index (Phi) is 13.9. The maximum Gasteiger partial charge on any atom is 0.223 e. The molecule has 2 N–H and O–H groups in total. The third-order valence-electron chi connectivity index (χ3n) is 6.67. The van der Waals surface area contributed by atoms with Gasteiger partial charge in [-0.05, 0) is 18.3 Å². The van der Waals surface area contributed by atoms with Gasteiger partial charge in [0.15, 0.2) is 0 Å². The zero-order chi connectivity index (χ0) is 20.7. The number of hydrogen-bond donors (Lipinski definition) is 1. The molecule has 1 unspecified atom stereocenters. The molecule has 0 spiro atoms. The minimum Gasteiger partial charge on any atom is -0.327 e. The van der Waals surface area contributed by atoms with Crippen molar-refractivity contribution in [2.45, 2.75) is 143 Å². The minimum atomic E-state index is -0.117. The van der Waals surface area contributed by atoms with Crippen LogP contribution in [0, 0.1) is 5.41 Å². The highest BCUT2D eigenvalue weighted by Gasteiger charge is 2.35. The van der Waals surface area contributed by atoms with Crippen LogP contribution in [0.1, 0.15) is 136 Å². The Bertz CT molecular complexity index is 394. The molecule has 28 heavy (non-hydrogen) atoms. The second-order valence-electron chi connectivity index (χ2n) is 9.82. The van der Waals surface area contributed by atoms with E-state index in [9.17, 15) is 4.79 Å². The molecule has 3 nitrogen and oxygen atoms in total. The molecule has 1 aliphatic rings. The molecule has 0 bridgehead atoms. The molecule has 1 aliphatic heterocycles. The van der Waals surface area contributed by atoms with Gasteiger partial charge < -0.3 is 10.6 Å². The Hall–Kier alpha value is -0.570. The molecule has 1 saturated heterocycles. The SMILES string of the molecule is CCCCCCCCCCCCCCCCCC(C)(C)C(N)N1CCCC1=O. The van der Waals surface area contributed by atoms with Crippen LogP contribution in [-0.2, 0) is 4.79 Å². The van der Waals surface area contributed by atoms with Crippen LogP contribution >= 0.6 is 0 Å². The lowest BCUT2D eigenvalue weighted by molar-refractivity contribution is -0.132. The van der Waals surface area contributed by atoms with Gasteiger partial charge in [0, 0.05) is 13.0 Å². The first-order valence-corrected chi connectivity index (χ1v) is 12.5. The highest BCUT2D eigenvalue weighted by molar-refractivity contribution is 5.78. The van der Waals surface area contributed by atoms with E-state index in [0.717, 1.165) is 19.4 Å². The number of carbonyl (C=O) groups excluding carboxylic acids is 1. The van der Waals surface area contributed by atoms with E-state index < -0.39 is 0 Å². The van der Waals surface area contributed by atoms with E-state index >= 15 is 0 Å². The monoisotopic (exact) mass is 394 g/mol. The van der Waals surface area contributed by atoms with Gasteiger partial charge in [0.25, 0.3) is 0 Å². The summed E-state index contributed by atoms with van der Waals surface area (Å²) in [5.74, 6) is 0.247. The smallest absolute Gasteiger partial charge is 0.223 e. The van der Waals surface area contributed by atoms with Gasteiger partial charge in [0.1, 0.15) is 0 Å². The normalized spacial score (nSPS) is 16.1. The molecule has 0 aromatic carbocycles. The zero-order valence-electron chi connectivity index (χ0n) is 19.4. The summed E-state index contributed by atoms with van der Waals surface area (Å²) < 4.78 is 0. The predicted octanol–water partition coefficient (Wildman–Crippen LogP) is 7.18. The summed E-state index contributed by atoms with van der Waals surface area (Å²) in [7, 11) is 0. The van der Waals surface area contributed by atoms with E-state index in [1.54, 1.807) is 0 Å². The maximum atomic E-state index is 11.9. The minimum absolute atomic E-state index is 0.0243. The third-order valence-corrected chi connectivity index (χ3v) is 6.67. The van der Waals surface area contributed by atoms with Crippen LogP contribution in [0.3, 0.4) is 0 Å². The second-order valence-corrected chi connectivity index (χ2v) is 9.82. The first-order valence-electron chi connectivity index (χ1n) is 12.5. The van der Waals surface area contributed by atoms with Gasteiger partial charge in [-0.15, -0.1) is 0 Å². The molecular weight excluding hydrogens is 344 g/mol. The first kappa shape index (κ1) is 25.5. The average molecular weight is 395 g/mol. The second kappa shape index (κ2) is 15.3. The van der Waals surface area contributed by atoms with E-state index in [0.29, 0.717) is 6.42 Å². The number of hydrogen-bond acceptors (Lipinski definition) is 2. The summed E-state index contributed by atoms with van der Waals surface area (Å²) in [5, 5.41) is 0. The molecular formula is C25H50N2O. The highest BCUT2D eigenvalue weighted by atomic mass is 16.2. The van der Waals surface area contributed by atoms with Crippen molar-refractivity contribution in [3.63, 3.8) is 0 Å². The molecule has 0 aliphatic carbocycles. The molecule has 1 atom stereocenters. The summed E-state index contributed by atoms with van der Waals surface area (Å²) in [6, 6.07) is 0. The van der Waals surface area contributed by atoms with Crippen molar-refractivity contribution in [1.82, 2.24) is 4.90 Å². The van der Waals surface area contributed by atoms with Crippen LogP contribution in [0.25, 0.3) is 0 Å². The molecule has 1 fully saturated rings. The quantitative estimate of drug-likeness (QED) is 0.250. The van der Waals surface area contributed by atoms with Crippen molar-refractivity contribution in [1.29, 1.82) is 0 Å². The van der Waals surface area contributed by atoms with E-state index in [2.05, 4.69) is 20.8 Å². The number of likely N-dealkylation sites (tertiary alicyclic amines) is 1. The Balaban J connectivity index is 1.90. The van der Waals surface area contributed by atoms with Gasteiger partial charge in [-0.1, -0.05) is 117 Å². The molecule has 0 radical (unpaired) electrons. The van der Waals surface area contributed by atoms with Crippen molar-refractivity contribution in [3.05, 3.63) is 0 Å². The number of amides is 1. The first-order chi connectivity index (χ1) is 13.5. The highest BCUT2D eigenvalue weighted by Crippen LogP contribution is 2.31. The standard InChI is InChI=1S/C25H50N2O/c1-4-5-6-7-8-9-10-11-12-13-14-15-16-17-18-21-25(2,3)24(26)27-22-19-20-23(27)28/h24H,4-22,26H2,1-3H3. The van der Waals surface area contributed by atoms with Crippen molar-refractivity contribution < 1.29 is 4.79 Å². The molecule has 1 rings (SSSR count). The number of nitrogens with zero attached hydrogens (tertiary/aromatic N) is 1. The fourth-order valence-electron chi connectivity index (χ4n) is 4.48. The van der Waals surface area contributed by atoms with Crippen LogP contribution in [0.5, 0.6) is 0 Å². The van der Waals surface area contributed by atoms with Crippen LogP contribution in [0.4, 0.5) is 0 Å². The lowest BCUT2D eigenvalue weighted by Gasteiger charge is -2.37. The zero-order valence-corrected chi connectivity index (χ0v) is 19.4. The van der Waals surface area contributed by atoms with Gasteiger partial charge in [0.05, 0.1) is 6.17 Å². The summed E-state index contributed by atoms with van der Waals surface area (Å²) in [6.07, 6.45) is 23.6. The van der Waals surface area contributed by atoms with Crippen molar-refractivity contribution in [3.8, 4) is 0 Å². The van der Waals surface area contributed by atoms with Crippen molar-refractivity contribution in [2.75, 3.05) is 6.54 Å². The lowest BCUT2D eigenvalue weighted by Crippen LogP contribution is -2.51. The molecule has 0 aromatic rings. The Morgan fingerprint density at radius 1 is 0.821 bits per heavy atom. The van der Waals surface area contributed by atoms with Gasteiger partial charge in [-0.3, -0.25) is 4.79 Å². The van der Waals surface area contributed by atoms with Crippen LogP contribution in [-0.4, -0.2) is 23.5 Å². The molecule has 0 aromatic heterocycles. The Morgan fingerprint density at radius 2 is 1.25 bits per heavy atom. The van der Waals surface area contributed by atoms with Crippen LogP contribution in [0.2, 0.25) is 0 Å². The van der Waals surface area contributed by atoms with Gasteiger partial charge in [-0.2, -0.15) is 0 Å². The maximum absolute atomic E-state index is 11.9. The average Bonchev–Trinajstić information content (AvgIpc) is 3.10. The Labute approximate surface area is 176 Å². The number of carbonyl (C=O) groups is 1. The fourth-order valence-corrected chi connectivity index (χ4v) is 4.48. The van der Waals surface area contributed by atoms with E-state index in [-0.39, 0.29) is 17.5 Å². The summed E-state index contributed by atoms with van der Waals surface area (Å²) in [6.45, 7) is 7.59. The van der Waals surface area contributed by atoms with Crippen LogP contribution in [0.15, 0.2) is 0 Å². The summed E-state index contributed by atoms with van der Waals surface area (Å²) in [4.78, 5) is 13.8. The lowest BCUT2D eigenvalue weighted by atomic mass is 9.83. The molecule has 3 heteroatoms. The largest absolute Gasteiger partial charge is 0.327 e. The number of rotatable bonds is 18. The van der Waals surface area contributed by atoms with Crippen molar-refractivity contribution >= 4 is 5.91 Å². The van der Waals surface area contributed by atoms with Crippen LogP contribution < -0.4 is 5.73 Å². The van der Waals surface area contributed by atoms with E-state index in [4.69, 9.17) is 5.73 Å². The third kappa shape index (κ3) is 10.8. The summed E-state index contributed by atoms with van der Waals surface area (Å²) >= 11 is 0. The molecule has 1 heterocycles. The fraction of sp³-hybridized carbons (Fsp3) is 0.960. The molecule has 0 saturated carbocycles. The predicted molar refractivity (Wildman–Crippen MR) is 122 cm³/mol. The topological polar surface area (TPSA) is 46.3 Å². The number of nitrogens with two attached hydrogens (primary N) is 1. The Morgan fingerprint density at radius 3 is 1.64 bits per heavy atom. The summed E-state index contributed by atoms with van der Waals surface area (Å²) in [5.41, 5.74) is 6.44. The van der Waals surface area contributed by atoms with Gasteiger partial charge in [0.2, 0.25) is 5.91 Å². The molecule has 166 valence electrons.